The van der Waals surface area contributed by atoms with E-state index in [2.05, 4.69) is 5.32 Å². The first-order valence-electron chi connectivity index (χ1n) is 7.13. The van der Waals surface area contributed by atoms with Crippen molar-refractivity contribution in [2.75, 3.05) is 13.2 Å². The van der Waals surface area contributed by atoms with Crippen molar-refractivity contribution in [3.05, 3.63) is 59.4 Å². The summed E-state index contributed by atoms with van der Waals surface area (Å²) in [5, 5.41) is 3.15. The number of halogens is 2. The summed E-state index contributed by atoms with van der Waals surface area (Å²) in [6, 6.07) is 12.6. The minimum atomic E-state index is -0.680. The van der Waals surface area contributed by atoms with Gasteiger partial charge in [0.05, 0.1) is 11.6 Å². The molecule has 0 fully saturated rings. The Morgan fingerprint density at radius 1 is 1.22 bits per heavy atom. The third-order valence-electron chi connectivity index (χ3n) is 2.99. The first kappa shape index (κ1) is 17.1. The topological polar surface area (TPSA) is 47.6 Å². The van der Waals surface area contributed by atoms with E-state index in [1.807, 2.05) is 0 Å². The molecule has 4 nitrogen and oxygen atoms in total. The summed E-state index contributed by atoms with van der Waals surface area (Å²) in [5.41, 5.74) is 0. The largest absolute Gasteiger partial charge is 0.492 e. The lowest BCUT2D eigenvalue weighted by atomic mass is 10.3. The van der Waals surface area contributed by atoms with E-state index < -0.39 is 6.10 Å². The zero-order valence-electron chi connectivity index (χ0n) is 12.6. The summed E-state index contributed by atoms with van der Waals surface area (Å²) < 4.78 is 23.6. The van der Waals surface area contributed by atoms with Crippen molar-refractivity contribution in [2.24, 2.45) is 0 Å². The van der Waals surface area contributed by atoms with Gasteiger partial charge in [-0.2, -0.15) is 0 Å². The van der Waals surface area contributed by atoms with E-state index in [0.29, 0.717) is 23.1 Å². The average molecular weight is 338 g/mol. The van der Waals surface area contributed by atoms with Crippen LogP contribution in [0.5, 0.6) is 11.5 Å². The van der Waals surface area contributed by atoms with Crippen LogP contribution in [-0.4, -0.2) is 25.2 Å². The van der Waals surface area contributed by atoms with Gasteiger partial charge < -0.3 is 14.8 Å². The Kier molecular flexibility index (Phi) is 6.23. The third-order valence-corrected chi connectivity index (χ3v) is 3.31. The lowest BCUT2D eigenvalue weighted by molar-refractivity contribution is -0.127. The fraction of sp³-hybridized carbons (Fsp3) is 0.235. The van der Waals surface area contributed by atoms with Gasteiger partial charge in [0.1, 0.15) is 23.9 Å². The Bertz CT molecular complexity index is 649. The van der Waals surface area contributed by atoms with Gasteiger partial charge in [-0.25, -0.2) is 4.39 Å². The van der Waals surface area contributed by atoms with Gasteiger partial charge in [0.25, 0.3) is 5.91 Å². The number of para-hydroxylation sites is 1. The number of hydrogen-bond acceptors (Lipinski definition) is 3. The normalized spacial score (nSPS) is 11.6. The molecule has 0 aliphatic carbocycles. The van der Waals surface area contributed by atoms with E-state index >= 15 is 0 Å². The van der Waals surface area contributed by atoms with Crippen LogP contribution in [-0.2, 0) is 4.79 Å². The minimum absolute atomic E-state index is 0.271. The molecule has 0 saturated carbocycles. The minimum Gasteiger partial charge on any atom is -0.492 e. The summed E-state index contributed by atoms with van der Waals surface area (Å²) in [4.78, 5) is 11.9. The molecule has 1 atom stereocenters. The zero-order valence-corrected chi connectivity index (χ0v) is 13.3. The van der Waals surface area contributed by atoms with Crippen LogP contribution in [0.15, 0.2) is 48.5 Å². The maximum Gasteiger partial charge on any atom is 0.260 e. The summed E-state index contributed by atoms with van der Waals surface area (Å²) in [5.74, 6) is 0.407. The van der Waals surface area contributed by atoms with Crippen molar-refractivity contribution >= 4 is 17.5 Å². The van der Waals surface area contributed by atoms with Gasteiger partial charge in [0.2, 0.25) is 0 Å². The Morgan fingerprint density at radius 3 is 2.61 bits per heavy atom. The van der Waals surface area contributed by atoms with Crippen LogP contribution in [0.25, 0.3) is 0 Å². The van der Waals surface area contributed by atoms with Gasteiger partial charge in [0.15, 0.2) is 6.10 Å². The Balaban J connectivity index is 1.72. The average Bonchev–Trinajstić information content (AvgIpc) is 2.55. The van der Waals surface area contributed by atoms with Crippen LogP contribution in [0.1, 0.15) is 6.92 Å². The van der Waals surface area contributed by atoms with Crippen molar-refractivity contribution in [3.63, 3.8) is 0 Å². The smallest absolute Gasteiger partial charge is 0.260 e. The van der Waals surface area contributed by atoms with Gasteiger partial charge in [-0.05, 0) is 43.3 Å². The lowest BCUT2D eigenvalue weighted by Crippen LogP contribution is -2.38. The molecule has 1 amide bonds. The fourth-order valence-electron chi connectivity index (χ4n) is 1.80. The molecule has 1 N–H and O–H groups in total. The second kappa shape index (κ2) is 8.39. The highest BCUT2D eigenvalue weighted by molar-refractivity contribution is 6.32. The van der Waals surface area contributed by atoms with Gasteiger partial charge in [0, 0.05) is 0 Å². The van der Waals surface area contributed by atoms with Crippen LogP contribution < -0.4 is 14.8 Å². The van der Waals surface area contributed by atoms with Gasteiger partial charge >= 0.3 is 0 Å². The molecular weight excluding hydrogens is 321 g/mol. The maximum absolute atomic E-state index is 12.7. The first-order chi connectivity index (χ1) is 11.1. The molecule has 23 heavy (non-hydrogen) atoms. The quantitative estimate of drug-likeness (QED) is 0.787. The lowest BCUT2D eigenvalue weighted by Gasteiger charge is -2.15. The van der Waals surface area contributed by atoms with Crippen LogP contribution in [0.3, 0.4) is 0 Å². The van der Waals surface area contributed by atoms with E-state index in [9.17, 15) is 9.18 Å². The molecule has 0 aromatic heterocycles. The SMILES string of the molecule is CC(Oc1ccccc1Cl)C(=O)NCCOc1ccc(F)cc1. The summed E-state index contributed by atoms with van der Waals surface area (Å²) in [7, 11) is 0. The van der Waals surface area contributed by atoms with Crippen LogP contribution in [0, 0.1) is 5.82 Å². The Morgan fingerprint density at radius 2 is 1.91 bits per heavy atom. The number of benzene rings is 2. The molecule has 0 aliphatic rings. The van der Waals surface area contributed by atoms with E-state index in [1.165, 1.54) is 24.3 Å². The number of amides is 1. The number of hydrogen-bond donors (Lipinski definition) is 1. The standard InChI is InChI=1S/C17H17ClFNO3/c1-12(23-16-5-3-2-4-15(16)18)17(21)20-10-11-22-14-8-6-13(19)7-9-14/h2-9,12H,10-11H2,1H3,(H,20,21). The molecule has 0 radical (unpaired) electrons. The molecule has 2 aromatic carbocycles. The molecular formula is C17H17ClFNO3. The van der Waals surface area contributed by atoms with Gasteiger partial charge in [-0.15, -0.1) is 0 Å². The highest BCUT2D eigenvalue weighted by Gasteiger charge is 2.15. The Hall–Kier alpha value is -2.27. The Labute approximate surface area is 139 Å². The molecule has 0 spiro atoms. The van der Waals surface area contributed by atoms with Crippen LogP contribution >= 0.6 is 11.6 Å². The van der Waals surface area contributed by atoms with Crippen molar-refractivity contribution < 1.29 is 18.7 Å². The predicted molar refractivity (Wildman–Crippen MR) is 86.4 cm³/mol. The second-order valence-electron chi connectivity index (χ2n) is 4.78. The number of carbonyl (C=O) groups is 1. The second-order valence-corrected chi connectivity index (χ2v) is 5.19. The fourth-order valence-corrected chi connectivity index (χ4v) is 1.98. The predicted octanol–water partition coefficient (Wildman–Crippen LogP) is 3.44. The molecule has 0 saturated heterocycles. The van der Waals surface area contributed by atoms with Gasteiger partial charge in [-0.1, -0.05) is 23.7 Å². The van der Waals surface area contributed by atoms with E-state index in [1.54, 1.807) is 31.2 Å². The van der Waals surface area contributed by atoms with Crippen molar-refractivity contribution in [1.29, 1.82) is 0 Å². The van der Waals surface area contributed by atoms with E-state index in [-0.39, 0.29) is 18.3 Å². The molecule has 2 aromatic rings. The van der Waals surface area contributed by atoms with Crippen LogP contribution in [0.4, 0.5) is 4.39 Å². The first-order valence-corrected chi connectivity index (χ1v) is 7.51. The molecule has 122 valence electrons. The van der Waals surface area contributed by atoms with Crippen molar-refractivity contribution in [3.8, 4) is 11.5 Å². The van der Waals surface area contributed by atoms with E-state index in [0.717, 1.165) is 0 Å². The van der Waals surface area contributed by atoms with Crippen molar-refractivity contribution in [2.45, 2.75) is 13.0 Å². The van der Waals surface area contributed by atoms with E-state index in [4.69, 9.17) is 21.1 Å². The monoisotopic (exact) mass is 337 g/mol. The van der Waals surface area contributed by atoms with Crippen molar-refractivity contribution in [1.82, 2.24) is 5.32 Å². The number of nitrogens with one attached hydrogen (secondary N) is 1. The zero-order chi connectivity index (χ0) is 16.7. The molecule has 1 unspecified atom stereocenters. The number of carbonyl (C=O) groups excluding carboxylic acids is 1. The summed E-state index contributed by atoms with van der Waals surface area (Å²) in [6.45, 7) is 2.22. The highest BCUT2D eigenvalue weighted by atomic mass is 35.5. The van der Waals surface area contributed by atoms with Crippen LogP contribution in [0.2, 0.25) is 5.02 Å². The third kappa shape index (κ3) is 5.45. The molecule has 0 heterocycles. The molecule has 2 rings (SSSR count). The molecule has 0 aliphatic heterocycles. The molecule has 0 bridgehead atoms. The molecule has 6 heteroatoms. The van der Waals surface area contributed by atoms with Gasteiger partial charge in [-0.3, -0.25) is 4.79 Å². The number of rotatable bonds is 7. The summed E-state index contributed by atoms with van der Waals surface area (Å²) >= 11 is 5.98. The summed E-state index contributed by atoms with van der Waals surface area (Å²) in [6.07, 6.45) is -0.680. The number of ether oxygens (including phenoxy) is 2. The highest BCUT2D eigenvalue weighted by Crippen LogP contribution is 2.24. The maximum atomic E-state index is 12.7.